The van der Waals surface area contributed by atoms with E-state index in [1.165, 1.54) is 12.1 Å². The van der Waals surface area contributed by atoms with E-state index >= 15 is 0 Å². The highest BCUT2D eigenvalue weighted by molar-refractivity contribution is 7.98. The number of esters is 1. The van der Waals surface area contributed by atoms with Crippen LogP contribution >= 0.6 is 11.8 Å². The number of benzene rings is 1. The molecule has 1 rings (SSSR count). The fraction of sp³-hybridized carbons (Fsp3) is 0.556. The molecule has 3 N–H and O–H groups in total. The van der Waals surface area contributed by atoms with Crippen molar-refractivity contribution in [2.75, 3.05) is 18.6 Å². The number of thioether (sulfide) groups is 1. The van der Waals surface area contributed by atoms with Crippen LogP contribution in [0.2, 0.25) is 0 Å². The number of hydrogen-bond donors (Lipinski definition) is 3. The summed E-state index contributed by atoms with van der Waals surface area (Å²) in [7, 11) is 0. The third-order valence-corrected chi connectivity index (χ3v) is 4.54. The van der Waals surface area contributed by atoms with Gasteiger partial charge in [0.25, 0.3) is 0 Å². The van der Waals surface area contributed by atoms with Gasteiger partial charge >= 0.3 is 5.97 Å². The van der Waals surface area contributed by atoms with Crippen LogP contribution in [0.3, 0.4) is 0 Å². The Morgan fingerprint density at radius 1 is 1.28 bits per heavy atom. The average Bonchev–Trinajstić information content (AvgIpc) is 2.57. The number of phenolic OH excluding ortho intramolecular Hbond substituents is 2. The van der Waals surface area contributed by atoms with E-state index in [0.29, 0.717) is 24.8 Å². The molecular weight excluding hydrogens is 342 g/mol. The van der Waals surface area contributed by atoms with Crippen molar-refractivity contribution in [2.24, 2.45) is 5.92 Å². The summed E-state index contributed by atoms with van der Waals surface area (Å²) < 4.78 is 5.04. The van der Waals surface area contributed by atoms with Crippen LogP contribution in [0, 0.1) is 5.92 Å². The second-order valence-electron chi connectivity index (χ2n) is 5.72. The molecule has 1 aromatic rings. The molecule has 0 fully saturated rings. The first kappa shape index (κ1) is 21.2. The Bertz CT molecular complexity index is 579. The lowest BCUT2D eigenvalue weighted by Gasteiger charge is -2.21. The summed E-state index contributed by atoms with van der Waals surface area (Å²) in [4.78, 5) is 24.6. The van der Waals surface area contributed by atoms with Crippen molar-refractivity contribution < 1.29 is 24.5 Å². The lowest BCUT2D eigenvalue weighted by molar-refractivity contribution is -0.147. The predicted molar refractivity (Wildman–Crippen MR) is 98.8 cm³/mol. The number of carbonyl (C=O) groups excluding carboxylic acids is 2. The highest BCUT2D eigenvalue weighted by atomic mass is 32.2. The molecule has 25 heavy (non-hydrogen) atoms. The summed E-state index contributed by atoms with van der Waals surface area (Å²) in [6, 6.07) is 3.65. The van der Waals surface area contributed by atoms with Gasteiger partial charge < -0.3 is 20.3 Å². The Labute approximate surface area is 153 Å². The van der Waals surface area contributed by atoms with Gasteiger partial charge in [0.2, 0.25) is 5.91 Å². The second kappa shape index (κ2) is 10.9. The van der Waals surface area contributed by atoms with E-state index in [-0.39, 0.29) is 29.9 Å². The molecule has 1 amide bonds. The first-order valence-corrected chi connectivity index (χ1v) is 9.79. The molecule has 2 unspecified atom stereocenters. The molecular formula is C18H27NO5S. The molecule has 0 saturated heterocycles. The molecule has 7 heteroatoms. The summed E-state index contributed by atoms with van der Waals surface area (Å²) in [6.07, 6.45) is 3.33. The largest absolute Gasteiger partial charge is 0.508 e. The summed E-state index contributed by atoms with van der Waals surface area (Å²) in [6.45, 7) is 3.87. The van der Waals surface area contributed by atoms with Gasteiger partial charge in [0.1, 0.15) is 17.5 Å². The molecule has 1 aromatic carbocycles. The van der Waals surface area contributed by atoms with Gasteiger partial charge in [-0.1, -0.05) is 13.0 Å². The zero-order valence-electron chi connectivity index (χ0n) is 14.9. The number of rotatable bonds is 10. The van der Waals surface area contributed by atoms with Crippen molar-refractivity contribution >= 4 is 23.6 Å². The number of nitrogens with one attached hydrogen (secondary N) is 1. The fourth-order valence-corrected chi connectivity index (χ4v) is 2.90. The number of carbonyl (C=O) groups is 2. The summed E-state index contributed by atoms with van der Waals surface area (Å²) in [5, 5.41) is 22.0. The SMILES string of the molecule is CCOC(=O)C(CCSC)NC(=O)C(CC)Cc1ccc(O)cc1O. The normalized spacial score (nSPS) is 13.1. The van der Waals surface area contributed by atoms with Crippen molar-refractivity contribution in [3.8, 4) is 11.5 Å². The summed E-state index contributed by atoms with van der Waals surface area (Å²) in [5.41, 5.74) is 0.580. The average molecular weight is 369 g/mol. The third kappa shape index (κ3) is 6.86. The van der Waals surface area contributed by atoms with Crippen LogP contribution in [-0.4, -0.2) is 46.7 Å². The van der Waals surface area contributed by atoms with Gasteiger partial charge in [-0.2, -0.15) is 11.8 Å². The van der Waals surface area contributed by atoms with E-state index in [0.717, 1.165) is 5.75 Å². The Kier molecular flexibility index (Phi) is 9.20. The third-order valence-electron chi connectivity index (χ3n) is 3.90. The van der Waals surface area contributed by atoms with Crippen molar-refractivity contribution in [3.63, 3.8) is 0 Å². The van der Waals surface area contributed by atoms with Crippen molar-refractivity contribution in [2.45, 2.75) is 39.2 Å². The van der Waals surface area contributed by atoms with E-state index in [9.17, 15) is 19.8 Å². The molecule has 0 aliphatic heterocycles. The molecule has 6 nitrogen and oxygen atoms in total. The van der Waals surface area contributed by atoms with E-state index in [4.69, 9.17) is 4.74 Å². The minimum absolute atomic E-state index is 0.0295. The minimum atomic E-state index is -0.664. The molecule has 140 valence electrons. The number of aromatic hydroxyl groups is 2. The molecule has 0 aliphatic rings. The van der Waals surface area contributed by atoms with E-state index in [1.807, 2.05) is 13.2 Å². The number of ether oxygens (including phenoxy) is 1. The molecule has 2 atom stereocenters. The van der Waals surface area contributed by atoms with Gasteiger partial charge in [0, 0.05) is 12.0 Å². The Morgan fingerprint density at radius 2 is 2.00 bits per heavy atom. The summed E-state index contributed by atoms with van der Waals surface area (Å²) in [5.74, 6) is -0.393. The maximum absolute atomic E-state index is 12.6. The standard InChI is InChI=1S/C18H27NO5S/c1-4-12(10-13-6-7-14(20)11-16(13)21)17(22)19-15(8-9-25-3)18(23)24-5-2/h6-7,11-12,15,20-21H,4-5,8-10H2,1-3H3,(H,19,22). The zero-order valence-corrected chi connectivity index (χ0v) is 15.8. The Morgan fingerprint density at radius 3 is 2.56 bits per heavy atom. The summed E-state index contributed by atoms with van der Waals surface area (Å²) >= 11 is 1.60. The number of phenols is 2. The van der Waals surface area contributed by atoms with E-state index in [2.05, 4.69) is 5.32 Å². The number of hydrogen-bond acceptors (Lipinski definition) is 6. The van der Waals surface area contributed by atoms with Crippen LogP contribution < -0.4 is 5.32 Å². The highest BCUT2D eigenvalue weighted by Crippen LogP contribution is 2.26. The quantitative estimate of drug-likeness (QED) is 0.548. The molecule has 0 saturated carbocycles. The topological polar surface area (TPSA) is 95.9 Å². The maximum Gasteiger partial charge on any atom is 0.328 e. The molecule has 0 aromatic heterocycles. The predicted octanol–water partition coefficient (Wildman–Crippen LogP) is 2.47. The maximum atomic E-state index is 12.6. The van der Waals surface area contributed by atoms with Crippen molar-refractivity contribution in [3.05, 3.63) is 23.8 Å². The van der Waals surface area contributed by atoms with Crippen molar-refractivity contribution in [1.29, 1.82) is 0 Å². The first-order chi connectivity index (χ1) is 11.9. The van der Waals surface area contributed by atoms with Crippen LogP contribution in [-0.2, 0) is 20.7 Å². The Balaban J connectivity index is 2.79. The highest BCUT2D eigenvalue weighted by Gasteiger charge is 2.26. The Hall–Kier alpha value is -1.89. The van der Waals surface area contributed by atoms with Gasteiger partial charge in [-0.15, -0.1) is 0 Å². The molecule has 0 heterocycles. The van der Waals surface area contributed by atoms with Crippen LogP contribution in [0.1, 0.15) is 32.3 Å². The fourth-order valence-electron chi connectivity index (χ4n) is 2.43. The van der Waals surface area contributed by atoms with Crippen LogP contribution in [0.15, 0.2) is 18.2 Å². The zero-order chi connectivity index (χ0) is 18.8. The van der Waals surface area contributed by atoms with Crippen LogP contribution in [0.25, 0.3) is 0 Å². The molecule has 0 aliphatic carbocycles. The lowest BCUT2D eigenvalue weighted by atomic mass is 9.95. The minimum Gasteiger partial charge on any atom is -0.508 e. The molecule has 0 spiro atoms. The molecule has 0 radical (unpaired) electrons. The van der Waals surface area contributed by atoms with Gasteiger partial charge in [0.15, 0.2) is 0 Å². The van der Waals surface area contributed by atoms with Gasteiger partial charge in [0.05, 0.1) is 6.61 Å². The first-order valence-electron chi connectivity index (χ1n) is 8.39. The van der Waals surface area contributed by atoms with E-state index in [1.54, 1.807) is 24.8 Å². The lowest BCUT2D eigenvalue weighted by Crippen LogP contribution is -2.45. The van der Waals surface area contributed by atoms with E-state index < -0.39 is 12.0 Å². The smallest absolute Gasteiger partial charge is 0.328 e. The van der Waals surface area contributed by atoms with Gasteiger partial charge in [-0.25, -0.2) is 4.79 Å². The van der Waals surface area contributed by atoms with Gasteiger partial charge in [-0.3, -0.25) is 4.79 Å². The van der Waals surface area contributed by atoms with Crippen molar-refractivity contribution in [1.82, 2.24) is 5.32 Å². The van der Waals surface area contributed by atoms with Gasteiger partial charge in [-0.05, 0) is 49.8 Å². The molecule has 0 bridgehead atoms. The monoisotopic (exact) mass is 369 g/mol. The van der Waals surface area contributed by atoms with Crippen LogP contribution in [0.4, 0.5) is 0 Å². The second-order valence-corrected chi connectivity index (χ2v) is 6.70. The van der Waals surface area contributed by atoms with Crippen LogP contribution in [0.5, 0.6) is 11.5 Å². The number of amides is 1.